The Morgan fingerprint density at radius 2 is 1.59 bits per heavy atom. The lowest BCUT2D eigenvalue weighted by Gasteiger charge is -2.36. The van der Waals surface area contributed by atoms with E-state index >= 15 is 0 Å². The van der Waals surface area contributed by atoms with E-state index in [2.05, 4.69) is 15.4 Å². The third-order valence-corrected chi connectivity index (χ3v) is 5.91. The number of aromatic nitrogens is 4. The summed E-state index contributed by atoms with van der Waals surface area (Å²) < 4.78 is 0. The van der Waals surface area contributed by atoms with Crippen molar-refractivity contribution in [1.82, 2.24) is 30.0 Å². The van der Waals surface area contributed by atoms with E-state index in [4.69, 9.17) is 11.6 Å². The summed E-state index contributed by atoms with van der Waals surface area (Å²) in [5.74, 6) is 0.381. The Hall–Kier alpha value is -3.26. The molecule has 0 saturated carbocycles. The van der Waals surface area contributed by atoms with Crippen molar-refractivity contribution in [2.75, 3.05) is 26.2 Å². The summed E-state index contributed by atoms with van der Waals surface area (Å²) >= 11 is 5.94. The Balaban J connectivity index is 1.40. The molecule has 2 heterocycles. The first-order valence-electron chi connectivity index (χ1n) is 10.7. The number of amides is 2. The molecule has 8 nitrogen and oxygen atoms in total. The van der Waals surface area contributed by atoms with Gasteiger partial charge in [-0.1, -0.05) is 36.2 Å². The SMILES string of the molecule is CCC(C(=O)N1CCN(C(=O)c2ccc(C)cc2)CC1)n1nnc(-c2ccc(Cl)cc2)n1. The Morgan fingerprint density at radius 3 is 2.22 bits per heavy atom. The number of rotatable bonds is 5. The first kappa shape index (κ1) is 22.0. The summed E-state index contributed by atoms with van der Waals surface area (Å²) in [5, 5.41) is 13.3. The maximum atomic E-state index is 13.2. The summed E-state index contributed by atoms with van der Waals surface area (Å²) in [6, 6.07) is 14.2. The molecule has 2 amide bonds. The highest BCUT2D eigenvalue weighted by atomic mass is 35.5. The summed E-state index contributed by atoms with van der Waals surface area (Å²) in [6.45, 7) is 5.86. The Kier molecular flexibility index (Phi) is 6.50. The van der Waals surface area contributed by atoms with Crippen molar-refractivity contribution in [2.45, 2.75) is 26.3 Å². The van der Waals surface area contributed by atoms with Crippen LogP contribution >= 0.6 is 11.6 Å². The van der Waals surface area contributed by atoms with Crippen LogP contribution in [0.4, 0.5) is 0 Å². The smallest absolute Gasteiger partial charge is 0.253 e. The van der Waals surface area contributed by atoms with Crippen LogP contribution in [0.2, 0.25) is 5.02 Å². The molecule has 0 N–H and O–H groups in total. The van der Waals surface area contributed by atoms with Crippen LogP contribution in [-0.4, -0.2) is 68.0 Å². The highest BCUT2D eigenvalue weighted by molar-refractivity contribution is 6.30. The lowest BCUT2D eigenvalue weighted by Crippen LogP contribution is -2.52. The molecule has 0 spiro atoms. The van der Waals surface area contributed by atoms with Crippen LogP contribution in [0.1, 0.15) is 35.3 Å². The minimum Gasteiger partial charge on any atom is -0.337 e. The molecule has 2 aromatic carbocycles. The van der Waals surface area contributed by atoms with Gasteiger partial charge in [0, 0.05) is 42.3 Å². The number of tetrazole rings is 1. The highest BCUT2D eigenvalue weighted by Gasteiger charge is 2.31. The second kappa shape index (κ2) is 9.48. The van der Waals surface area contributed by atoms with Gasteiger partial charge in [0.25, 0.3) is 5.91 Å². The number of hydrogen-bond acceptors (Lipinski definition) is 5. The molecule has 1 unspecified atom stereocenters. The van der Waals surface area contributed by atoms with Crippen molar-refractivity contribution in [3.63, 3.8) is 0 Å². The van der Waals surface area contributed by atoms with Gasteiger partial charge in [-0.05, 0) is 55.0 Å². The van der Waals surface area contributed by atoms with Crippen LogP contribution in [0.5, 0.6) is 0 Å². The van der Waals surface area contributed by atoms with Crippen molar-refractivity contribution in [3.05, 3.63) is 64.7 Å². The number of carbonyl (C=O) groups excluding carboxylic acids is 2. The van der Waals surface area contributed by atoms with Crippen molar-refractivity contribution in [3.8, 4) is 11.4 Å². The molecular weight excluding hydrogens is 428 g/mol. The minimum absolute atomic E-state index is 0.00492. The molecule has 1 fully saturated rings. The molecular formula is C23H25ClN6O2. The maximum Gasteiger partial charge on any atom is 0.253 e. The van der Waals surface area contributed by atoms with E-state index in [9.17, 15) is 9.59 Å². The van der Waals surface area contributed by atoms with E-state index in [-0.39, 0.29) is 11.8 Å². The van der Waals surface area contributed by atoms with Crippen molar-refractivity contribution >= 4 is 23.4 Å². The van der Waals surface area contributed by atoms with Crippen LogP contribution in [0.3, 0.4) is 0 Å². The van der Waals surface area contributed by atoms with E-state index in [0.717, 1.165) is 11.1 Å². The van der Waals surface area contributed by atoms with Gasteiger partial charge in [0.05, 0.1) is 0 Å². The monoisotopic (exact) mass is 452 g/mol. The molecule has 166 valence electrons. The average molecular weight is 453 g/mol. The minimum atomic E-state index is -0.539. The number of hydrogen-bond donors (Lipinski definition) is 0. The van der Waals surface area contributed by atoms with Crippen molar-refractivity contribution in [1.29, 1.82) is 0 Å². The zero-order chi connectivity index (χ0) is 22.7. The van der Waals surface area contributed by atoms with Crippen molar-refractivity contribution < 1.29 is 9.59 Å². The van der Waals surface area contributed by atoms with Gasteiger partial charge in [0.2, 0.25) is 11.7 Å². The summed E-state index contributed by atoms with van der Waals surface area (Å²) in [4.78, 5) is 30.9. The van der Waals surface area contributed by atoms with Gasteiger partial charge in [0.15, 0.2) is 6.04 Å². The summed E-state index contributed by atoms with van der Waals surface area (Å²) in [5.41, 5.74) is 2.57. The molecule has 0 radical (unpaired) electrons. The Labute approximate surface area is 191 Å². The molecule has 4 rings (SSSR count). The van der Waals surface area contributed by atoms with Gasteiger partial charge in [-0.2, -0.15) is 4.80 Å². The molecule has 1 saturated heterocycles. The summed E-state index contributed by atoms with van der Waals surface area (Å²) in [6.07, 6.45) is 0.539. The zero-order valence-corrected chi connectivity index (χ0v) is 18.9. The zero-order valence-electron chi connectivity index (χ0n) is 18.1. The second-order valence-corrected chi connectivity index (χ2v) is 8.28. The fraction of sp³-hybridized carbons (Fsp3) is 0.348. The molecule has 1 aliphatic heterocycles. The molecule has 1 aliphatic rings. The fourth-order valence-corrected chi connectivity index (χ4v) is 3.85. The van der Waals surface area contributed by atoms with E-state index in [1.807, 2.05) is 50.2 Å². The van der Waals surface area contributed by atoms with Crippen LogP contribution in [-0.2, 0) is 4.79 Å². The van der Waals surface area contributed by atoms with E-state index in [0.29, 0.717) is 49.0 Å². The van der Waals surface area contributed by atoms with Gasteiger partial charge in [-0.15, -0.1) is 10.2 Å². The average Bonchev–Trinajstić information content (AvgIpc) is 3.30. The van der Waals surface area contributed by atoms with Crippen LogP contribution in [0, 0.1) is 6.92 Å². The van der Waals surface area contributed by atoms with Crippen molar-refractivity contribution in [2.24, 2.45) is 0 Å². The molecule has 3 aromatic rings. The number of halogens is 1. The maximum absolute atomic E-state index is 13.2. The molecule has 32 heavy (non-hydrogen) atoms. The van der Waals surface area contributed by atoms with Gasteiger partial charge >= 0.3 is 0 Å². The predicted molar refractivity (Wildman–Crippen MR) is 121 cm³/mol. The Morgan fingerprint density at radius 1 is 0.969 bits per heavy atom. The fourth-order valence-electron chi connectivity index (χ4n) is 3.73. The topological polar surface area (TPSA) is 84.2 Å². The van der Waals surface area contributed by atoms with Gasteiger partial charge in [0.1, 0.15) is 0 Å². The standard InChI is InChI=1S/C23H25ClN6O2/c1-3-20(30-26-21(25-27-30)17-8-10-19(24)11-9-17)23(32)29-14-12-28(13-15-29)22(31)18-6-4-16(2)5-7-18/h4-11,20H,3,12-15H2,1-2H3. The normalized spacial score (nSPS) is 15.0. The lowest BCUT2D eigenvalue weighted by molar-refractivity contribution is -0.137. The number of nitrogens with zero attached hydrogens (tertiary/aromatic N) is 6. The molecule has 0 aliphatic carbocycles. The summed E-state index contributed by atoms with van der Waals surface area (Å²) in [7, 11) is 0. The van der Waals surface area contributed by atoms with Gasteiger partial charge in [-0.25, -0.2) is 0 Å². The first-order chi connectivity index (χ1) is 15.5. The van der Waals surface area contributed by atoms with Gasteiger partial charge in [-0.3, -0.25) is 9.59 Å². The quantitative estimate of drug-likeness (QED) is 0.593. The van der Waals surface area contributed by atoms with E-state index in [1.54, 1.807) is 21.9 Å². The third-order valence-electron chi connectivity index (χ3n) is 5.66. The molecule has 9 heteroatoms. The molecule has 1 aromatic heterocycles. The predicted octanol–water partition coefficient (Wildman–Crippen LogP) is 3.24. The lowest BCUT2D eigenvalue weighted by atomic mass is 10.1. The molecule has 1 atom stereocenters. The number of carbonyl (C=O) groups is 2. The van der Waals surface area contributed by atoms with Crippen LogP contribution < -0.4 is 0 Å². The van der Waals surface area contributed by atoms with Crippen LogP contribution in [0.15, 0.2) is 48.5 Å². The van der Waals surface area contributed by atoms with Gasteiger partial charge < -0.3 is 9.80 Å². The van der Waals surface area contributed by atoms with E-state index in [1.165, 1.54) is 4.80 Å². The largest absolute Gasteiger partial charge is 0.337 e. The Bertz CT molecular complexity index is 1090. The number of benzene rings is 2. The van der Waals surface area contributed by atoms with Crippen LogP contribution in [0.25, 0.3) is 11.4 Å². The molecule has 0 bridgehead atoms. The number of piperazine rings is 1. The third kappa shape index (κ3) is 4.65. The highest BCUT2D eigenvalue weighted by Crippen LogP contribution is 2.20. The second-order valence-electron chi connectivity index (χ2n) is 7.85. The first-order valence-corrected chi connectivity index (χ1v) is 11.0. The van der Waals surface area contributed by atoms with E-state index < -0.39 is 6.04 Å². The number of aryl methyl sites for hydroxylation is 1.